The number of rotatable bonds is 3. The van der Waals surface area contributed by atoms with E-state index in [-0.39, 0.29) is 18.4 Å². The highest BCUT2D eigenvalue weighted by Crippen LogP contribution is 2.31. The first-order chi connectivity index (χ1) is 8.38. The molecule has 0 fully saturated rings. The maximum Gasteiger partial charge on any atom is 0.262 e. The van der Waals surface area contributed by atoms with Gasteiger partial charge in [0, 0.05) is 12.1 Å². The van der Waals surface area contributed by atoms with Crippen molar-refractivity contribution in [3.63, 3.8) is 0 Å². The Morgan fingerprint density at radius 3 is 2.39 bits per heavy atom. The van der Waals surface area contributed by atoms with Gasteiger partial charge in [-0.1, -0.05) is 11.6 Å². The van der Waals surface area contributed by atoms with E-state index in [1.54, 1.807) is 26.0 Å². The molecule has 18 heavy (non-hydrogen) atoms. The lowest BCUT2D eigenvalue weighted by atomic mass is 9.99. The number of hydrogen-bond acceptors (Lipinski definition) is 3. The lowest BCUT2D eigenvalue weighted by Gasteiger charge is -2.33. The van der Waals surface area contributed by atoms with Crippen molar-refractivity contribution in [1.29, 1.82) is 0 Å². The fourth-order valence-corrected chi connectivity index (χ4v) is 2.29. The normalized spacial score (nSPS) is 15.2. The summed E-state index contributed by atoms with van der Waals surface area (Å²) in [4.78, 5) is 25.8. The van der Waals surface area contributed by atoms with Crippen LogP contribution in [0.25, 0.3) is 0 Å². The van der Waals surface area contributed by atoms with Crippen molar-refractivity contribution in [3.8, 4) is 0 Å². The van der Waals surface area contributed by atoms with Gasteiger partial charge in [0.05, 0.1) is 11.1 Å². The minimum absolute atomic E-state index is 0.0561. The molecule has 0 bridgehead atoms. The van der Waals surface area contributed by atoms with Crippen LogP contribution in [0.4, 0.5) is 0 Å². The average Bonchev–Trinajstić information content (AvgIpc) is 2.51. The highest BCUT2D eigenvalue weighted by Gasteiger charge is 2.43. The first kappa shape index (κ1) is 12.8. The Morgan fingerprint density at radius 2 is 1.78 bits per heavy atom. The molecule has 1 aliphatic heterocycles. The first-order valence-corrected chi connectivity index (χ1v) is 5.99. The number of imide groups is 1. The molecule has 0 saturated carbocycles. The summed E-state index contributed by atoms with van der Waals surface area (Å²) in [5.41, 5.74) is 1.20. The third-order valence-corrected chi connectivity index (χ3v) is 3.37. The predicted octanol–water partition coefficient (Wildman–Crippen LogP) is 1.75. The summed E-state index contributed by atoms with van der Waals surface area (Å²) in [6, 6.07) is 5.26. The molecule has 1 N–H and O–H groups in total. The minimum Gasteiger partial charge on any atom is -0.396 e. The summed E-state index contributed by atoms with van der Waals surface area (Å²) in [6.45, 7) is 5.41. The number of hydrogen-bond donors (Lipinski definition) is 1. The molecule has 2 amide bonds. The van der Waals surface area contributed by atoms with Gasteiger partial charge in [-0.25, -0.2) is 0 Å². The number of fused-ring (bicyclic) bond motifs is 1. The Kier molecular flexibility index (Phi) is 2.99. The molecule has 4 nitrogen and oxygen atoms in total. The quantitative estimate of drug-likeness (QED) is 0.828. The second kappa shape index (κ2) is 4.21. The van der Waals surface area contributed by atoms with Crippen LogP contribution in [0, 0.1) is 6.92 Å². The van der Waals surface area contributed by atoms with Gasteiger partial charge in [0.2, 0.25) is 0 Å². The number of nitrogens with zero attached hydrogens (tertiary/aromatic N) is 1. The molecule has 2 rings (SSSR count). The second-order valence-corrected chi connectivity index (χ2v) is 5.28. The maximum absolute atomic E-state index is 12.3. The minimum atomic E-state index is -0.671. The molecule has 1 aromatic carbocycles. The molecule has 0 aliphatic carbocycles. The van der Waals surface area contributed by atoms with Gasteiger partial charge in [0.15, 0.2) is 0 Å². The van der Waals surface area contributed by atoms with Gasteiger partial charge in [0.25, 0.3) is 11.8 Å². The van der Waals surface area contributed by atoms with Crippen LogP contribution in [-0.2, 0) is 0 Å². The molecule has 0 aromatic heterocycles. The van der Waals surface area contributed by atoms with Crippen LogP contribution in [-0.4, -0.2) is 34.0 Å². The molecule has 0 saturated heterocycles. The van der Waals surface area contributed by atoms with E-state index in [4.69, 9.17) is 5.11 Å². The topological polar surface area (TPSA) is 57.6 Å². The van der Waals surface area contributed by atoms with Gasteiger partial charge in [-0.15, -0.1) is 0 Å². The molecule has 0 unspecified atom stereocenters. The summed E-state index contributed by atoms with van der Waals surface area (Å²) in [6.07, 6.45) is 0.372. The van der Waals surface area contributed by atoms with Crippen LogP contribution in [0.5, 0.6) is 0 Å². The zero-order valence-electron chi connectivity index (χ0n) is 10.9. The standard InChI is InChI=1S/C14H17NO3/c1-9-4-5-10-11(8-9)13(18)15(12(10)17)14(2,3)6-7-16/h4-5,8,16H,6-7H2,1-3H3. The number of carbonyl (C=O) groups is 2. The first-order valence-electron chi connectivity index (χ1n) is 5.99. The molecule has 1 aromatic rings. The number of carbonyl (C=O) groups excluding carboxylic acids is 2. The molecule has 1 aliphatic rings. The molecule has 1 heterocycles. The molecule has 0 atom stereocenters. The third-order valence-electron chi connectivity index (χ3n) is 3.37. The zero-order valence-corrected chi connectivity index (χ0v) is 10.9. The van der Waals surface area contributed by atoms with E-state index in [0.717, 1.165) is 5.56 Å². The van der Waals surface area contributed by atoms with Gasteiger partial charge >= 0.3 is 0 Å². The number of benzene rings is 1. The summed E-state index contributed by atoms with van der Waals surface area (Å²) in [7, 11) is 0. The Labute approximate surface area is 106 Å². The maximum atomic E-state index is 12.3. The fourth-order valence-electron chi connectivity index (χ4n) is 2.29. The highest BCUT2D eigenvalue weighted by molar-refractivity contribution is 6.21. The van der Waals surface area contributed by atoms with Crippen LogP contribution in [0.15, 0.2) is 18.2 Å². The number of aliphatic hydroxyl groups excluding tert-OH is 1. The van der Waals surface area contributed by atoms with Gasteiger partial charge in [-0.3, -0.25) is 14.5 Å². The van der Waals surface area contributed by atoms with E-state index >= 15 is 0 Å². The summed E-state index contributed by atoms with van der Waals surface area (Å²) in [5.74, 6) is -0.536. The van der Waals surface area contributed by atoms with E-state index in [2.05, 4.69) is 0 Å². The lowest BCUT2D eigenvalue weighted by molar-refractivity contribution is 0.0437. The predicted molar refractivity (Wildman–Crippen MR) is 67.5 cm³/mol. The van der Waals surface area contributed by atoms with Gasteiger partial charge < -0.3 is 5.11 Å². The summed E-state index contributed by atoms with van der Waals surface area (Å²) in [5, 5.41) is 9.05. The largest absolute Gasteiger partial charge is 0.396 e. The van der Waals surface area contributed by atoms with Crippen molar-refractivity contribution in [2.24, 2.45) is 0 Å². The fraction of sp³-hybridized carbons (Fsp3) is 0.429. The van der Waals surface area contributed by atoms with Crippen LogP contribution >= 0.6 is 0 Å². The van der Waals surface area contributed by atoms with Crippen molar-refractivity contribution in [2.45, 2.75) is 32.7 Å². The lowest BCUT2D eigenvalue weighted by Crippen LogP contribution is -2.48. The highest BCUT2D eigenvalue weighted by atomic mass is 16.3. The van der Waals surface area contributed by atoms with Crippen molar-refractivity contribution >= 4 is 11.8 Å². The Morgan fingerprint density at radius 1 is 1.17 bits per heavy atom. The Bertz CT molecular complexity index is 520. The van der Waals surface area contributed by atoms with E-state index in [1.807, 2.05) is 13.0 Å². The Hall–Kier alpha value is -1.68. The summed E-state index contributed by atoms with van der Waals surface area (Å²) < 4.78 is 0. The van der Waals surface area contributed by atoms with E-state index < -0.39 is 5.54 Å². The SMILES string of the molecule is Cc1ccc2c(c1)C(=O)N(C(C)(C)CCO)C2=O. The van der Waals surface area contributed by atoms with Crippen molar-refractivity contribution in [3.05, 3.63) is 34.9 Å². The molecule has 96 valence electrons. The van der Waals surface area contributed by atoms with E-state index in [1.165, 1.54) is 4.90 Å². The monoisotopic (exact) mass is 247 g/mol. The molecule has 0 spiro atoms. The third kappa shape index (κ3) is 1.82. The van der Waals surface area contributed by atoms with Crippen molar-refractivity contribution in [2.75, 3.05) is 6.61 Å². The molecular weight excluding hydrogens is 230 g/mol. The summed E-state index contributed by atoms with van der Waals surface area (Å²) >= 11 is 0. The van der Waals surface area contributed by atoms with Crippen LogP contribution < -0.4 is 0 Å². The average molecular weight is 247 g/mol. The molecular formula is C14H17NO3. The van der Waals surface area contributed by atoms with Crippen molar-refractivity contribution in [1.82, 2.24) is 4.90 Å². The second-order valence-electron chi connectivity index (χ2n) is 5.28. The smallest absolute Gasteiger partial charge is 0.262 e. The van der Waals surface area contributed by atoms with Crippen LogP contribution in [0.3, 0.4) is 0 Å². The van der Waals surface area contributed by atoms with Gasteiger partial charge in [-0.2, -0.15) is 0 Å². The number of amides is 2. The van der Waals surface area contributed by atoms with E-state index in [0.29, 0.717) is 17.5 Å². The molecule has 4 heteroatoms. The van der Waals surface area contributed by atoms with Crippen LogP contribution in [0.1, 0.15) is 46.5 Å². The van der Waals surface area contributed by atoms with Crippen molar-refractivity contribution < 1.29 is 14.7 Å². The van der Waals surface area contributed by atoms with E-state index in [9.17, 15) is 9.59 Å². The van der Waals surface area contributed by atoms with Gasteiger partial charge in [-0.05, 0) is 39.3 Å². The Balaban J connectivity index is 2.46. The molecule has 0 radical (unpaired) electrons. The number of aliphatic hydroxyl groups is 1. The zero-order chi connectivity index (χ0) is 13.5. The number of aryl methyl sites for hydroxylation is 1. The van der Waals surface area contributed by atoms with Gasteiger partial charge in [0.1, 0.15) is 0 Å². The van der Waals surface area contributed by atoms with Crippen LogP contribution in [0.2, 0.25) is 0 Å².